The number of nitrogens with one attached hydrogen (secondary N) is 1. The SMILES string of the molecule is CC(CC(N)=O)NC(=O)c1cc(F)c(F)cc1C(=O)O. The summed E-state index contributed by atoms with van der Waals surface area (Å²) in [5.74, 6) is -5.89. The summed E-state index contributed by atoms with van der Waals surface area (Å²) in [7, 11) is 0. The Bertz CT molecular complexity index is 575. The van der Waals surface area contributed by atoms with Gasteiger partial charge < -0.3 is 16.2 Å². The molecule has 1 unspecified atom stereocenters. The van der Waals surface area contributed by atoms with E-state index in [-0.39, 0.29) is 6.42 Å². The van der Waals surface area contributed by atoms with E-state index in [1.807, 2.05) is 0 Å². The highest BCUT2D eigenvalue weighted by molar-refractivity contribution is 6.05. The van der Waals surface area contributed by atoms with Crippen LogP contribution in [0.1, 0.15) is 34.1 Å². The molecule has 0 heterocycles. The van der Waals surface area contributed by atoms with E-state index in [2.05, 4.69) is 5.32 Å². The van der Waals surface area contributed by atoms with Crippen LogP contribution < -0.4 is 11.1 Å². The lowest BCUT2D eigenvalue weighted by molar-refractivity contribution is -0.118. The largest absolute Gasteiger partial charge is 0.478 e. The second-order valence-electron chi connectivity index (χ2n) is 4.16. The maximum Gasteiger partial charge on any atom is 0.336 e. The Morgan fingerprint density at radius 1 is 1.25 bits per heavy atom. The first kappa shape index (κ1) is 15.5. The normalized spacial score (nSPS) is 11.8. The van der Waals surface area contributed by atoms with Crippen LogP contribution >= 0.6 is 0 Å². The number of carboxylic acid groups (broad SMARTS) is 1. The van der Waals surface area contributed by atoms with Gasteiger partial charge in [0.1, 0.15) is 0 Å². The smallest absolute Gasteiger partial charge is 0.336 e. The quantitative estimate of drug-likeness (QED) is 0.738. The molecule has 0 aliphatic rings. The molecule has 2 amide bonds. The van der Waals surface area contributed by atoms with Gasteiger partial charge in [-0.3, -0.25) is 9.59 Å². The van der Waals surface area contributed by atoms with Crippen molar-refractivity contribution in [3.63, 3.8) is 0 Å². The van der Waals surface area contributed by atoms with Crippen LogP contribution in [0.3, 0.4) is 0 Å². The van der Waals surface area contributed by atoms with E-state index in [0.717, 1.165) is 0 Å². The Kier molecular flexibility index (Phi) is 4.73. The molecule has 0 saturated heterocycles. The number of hydrogen-bond donors (Lipinski definition) is 3. The van der Waals surface area contributed by atoms with Crippen LogP contribution in [0.25, 0.3) is 0 Å². The van der Waals surface area contributed by atoms with E-state index in [1.54, 1.807) is 0 Å². The number of primary amides is 1. The third-order valence-corrected chi connectivity index (χ3v) is 2.42. The molecule has 0 fully saturated rings. The lowest BCUT2D eigenvalue weighted by Crippen LogP contribution is -2.36. The summed E-state index contributed by atoms with van der Waals surface area (Å²) < 4.78 is 26.1. The van der Waals surface area contributed by atoms with Crippen LogP contribution in [0.2, 0.25) is 0 Å². The van der Waals surface area contributed by atoms with Crippen LogP contribution in [0, 0.1) is 11.6 Å². The number of amides is 2. The van der Waals surface area contributed by atoms with E-state index in [4.69, 9.17) is 10.8 Å². The second-order valence-corrected chi connectivity index (χ2v) is 4.16. The summed E-state index contributed by atoms with van der Waals surface area (Å²) in [6.07, 6.45) is -0.169. The number of rotatable bonds is 5. The fraction of sp³-hybridized carbons (Fsp3) is 0.250. The number of aromatic carboxylic acids is 1. The zero-order valence-electron chi connectivity index (χ0n) is 10.4. The van der Waals surface area contributed by atoms with E-state index in [9.17, 15) is 23.2 Å². The third-order valence-electron chi connectivity index (χ3n) is 2.42. The van der Waals surface area contributed by atoms with Crippen molar-refractivity contribution in [1.82, 2.24) is 5.32 Å². The highest BCUT2D eigenvalue weighted by Gasteiger charge is 2.21. The van der Waals surface area contributed by atoms with E-state index in [1.165, 1.54) is 6.92 Å². The summed E-state index contributed by atoms with van der Waals surface area (Å²) in [6, 6.07) is 0.242. The van der Waals surface area contributed by atoms with Crippen molar-refractivity contribution in [1.29, 1.82) is 0 Å². The van der Waals surface area contributed by atoms with Crippen molar-refractivity contribution in [2.45, 2.75) is 19.4 Å². The topological polar surface area (TPSA) is 109 Å². The number of carbonyl (C=O) groups excluding carboxylic acids is 2. The standard InChI is InChI=1S/C12H12F2N2O4/c1-5(2-10(15)17)16-11(18)6-3-8(13)9(14)4-7(6)12(19)20/h3-5H,2H2,1H3,(H2,15,17)(H,16,18)(H,19,20). The summed E-state index contributed by atoms with van der Waals surface area (Å²) >= 11 is 0. The number of nitrogens with two attached hydrogens (primary N) is 1. The van der Waals surface area contributed by atoms with Gasteiger partial charge in [0, 0.05) is 12.5 Å². The average Bonchev–Trinajstić information content (AvgIpc) is 2.30. The molecule has 0 saturated carbocycles. The van der Waals surface area contributed by atoms with Crippen molar-refractivity contribution in [3.8, 4) is 0 Å². The third kappa shape index (κ3) is 3.74. The average molecular weight is 286 g/mol. The van der Waals surface area contributed by atoms with Crippen molar-refractivity contribution >= 4 is 17.8 Å². The van der Waals surface area contributed by atoms with Gasteiger partial charge in [0.2, 0.25) is 5.91 Å². The Balaban J connectivity index is 3.06. The Morgan fingerprint density at radius 2 is 1.75 bits per heavy atom. The molecule has 0 radical (unpaired) electrons. The van der Waals surface area contributed by atoms with E-state index < -0.39 is 46.6 Å². The second kappa shape index (κ2) is 6.09. The summed E-state index contributed by atoms with van der Waals surface area (Å²) in [4.78, 5) is 33.4. The molecule has 20 heavy (non-hydrogen) atoms. The lowest BCUT2D eigenvalue weighted by atomic mass is 10.1. The van der Waals surface area contributed by atoms with Gasteiger partial charge in [-0.2, -0.15) is 0 Å². The molecular formula is C12H12F2N2O4. The molecule has 6 nitrogen and oxygen atoms in total. The molecule has 108 valence electrons. The Hall–Kier alpha value is -2.51. The van der Waals surface area contributed by atoms with Crippen molar-refractivity contribution in [3.05, 3.63) is 34.9 Å². The minimum Gasteiger partial charge on any atom is -0.478 e. The number of hydrogen-bond acceptors (Lipinski definition) is 3. The van der Waals surface area contributed by atoms with E-state index in [0.29, 0.717) is 12.1 Å². The first-order chi connectivity index (χ1) is 9.22. The zero-order chi connectivity index (χ0) is 15.4. The predicted molar refractivity (Wildman–Crippen MR) is 64.1 cm³/mol. The van der Waals surface area contributed by atoms with Gasteiger partial charge in [-0.1, -0.05) is 0 Å². The molecule has 8 heteroatoms. The fourth-order valence-electron chi connectivity index (χ4n) is 1.57. The summed E-state index contributed by atoms with van der Waals surface area (Å²) in [5, 5.41) is 11.1. The minimum atomic E-state index is -1.57. The van der Waals surface area contributed by atoms with Gasteiger partial charge in [0.05, 0.1) is 11.1 Å². The number of carbonyl (C=O) groups is 3. The molecule has 1 rings (SSSR count). The van der Waals surface area contributed by atoms with Gasteiger partial charge >= 0.3 is 5.97 Å². The molecule has 4 N–H and O–H groups in total. The van der Waals surface area contributed by atoms with Crippen molar-refractivity contribution < 1.29 is 28.3 Å². The van der Waals surface area contributed by atoms with Crippen LogP contribution in [-0.4, -0.2) is 28.9 Å². The highest BCUT2D eigenvalue weighted by Crippen LogP contribution is 2.15. The van der Waals surface area contributed by atoms with Gasteiger partial charge in [-0.05, 0) is 19.1 Å². The number of carboxylic acids is 1. The van der Waals surface area contributed by atoms with Gasteiger partial charge in [0.15, 0.2) is 11.6 Å². The summed E-state index contributed by atoms with van der Waals surface area (Å²) in [5.41, 5.74) is 3.73. The molecule has 1 aromatic rings. The predicted octanol–water partition coefficient (Wildman–Crippen LogP) is 0.657. The van der Waals surface area contributed by atoms with Gasteiger partial charge in [0.25, 0.3) is 5.91 Å². The molecule has 0 aromatic heterocycles. The highest BCUT2D eigenvalue weighted by atomic mass is 19.2. The van der Waals surface area contributed by atoms with Crippen LogP contribution in [0.5, 0.6) is 0 Å². The maximum atomic E-state index is 13.1. The monoisotopic (exact) mass is 286 g/mol. The Morgan fingerprint density at radius 3 is 2.20 bits per heavy atom. The molecule has 0 aliphatic carbocycles. The first-order valence-corrected chi connectivity index (χ1v) is 5.54. The Labute approximate surface area is 112 Å². The minimum absolute atomic E-state index is 0.169. The molecule has 1 atom stereocenters. The molecule has 0 aliphatic heterocycles. The number of halogens is 2. The maximum absolute atomic E-state index is 13.1. The number of benzene rings is 1. The van der Waals surface area contributed by atoms with Gasteiger partial charge in [-0.25, -0.2) is 13.6 Å². The summed E-state index contributed by atoms with van der Waals surface area (Å²) in [6.45, 7) is 1.46. The lowest BCUT2D eigenvalue weighted by Gasteiger charge is -2.13. The fourth-order valence-corrected chi connectivity index (χ4v) is 1.57. The molecule has 0 spiro atoms. The van der Waals surface area contributed by atoms with Crippen LogP contribution in [0.4, 0.5) is 8.78 Å². The van der Waals surface area contributed by atoms with Gasteiger partial charge in [-0.15, -0.1) is 0 Å². The molecular weight excluding hydrogens is 274 g/mol. The molecule has 1 aromatic carbocycles. The van der Waals surface area contributed by atoms with Crippen molar-refractivity contribution in [2.75, 3.05) is 0 Å². The van der Waals surface area contributed by atoms with Crippen LogP contribution in [-0.2, 0) is 4.79 Å². The van der Waals surface area contributed by atoms with Crippen molar-refractivity contribution in [2.24, 2.45) is 5.73 Å². The zero-order valence-corrected chi connectivity index (χ0v) is 10.4. The van der Waals surface area contributed by atoms with Crippen LogP contribution in [0.15, 0.2) is 12.1 Å². The first-order valence-electron chi connectivity index (χ1n) is 5.54. The molecule has 0 bridgehead atoms. The van der Waals surface area contributed by atoms with E-state index >= 15 is 0 Å².